The Balaban J connectivity index is 3.02. The highest BCUT2D eigenvalue weighted by Gasteiger charge is 2.26. The molecule has 1 aliphatic carbocycles. The molecular weight excluding hydrogens is 152 g/mol. The molecule has 0 aromatic rings. The Morgan fingerprint density at radius 3 is 3.00 bits per heavy atom. The van der Waals surface area contributed by atoms with Crippen molar-refractivity contribution in [3.8, 4) is 12.3 Å². The van der Waals surface area contributed by atoms with Crippen molar-refractivity contribution in [2.45, 2.75) is 13.3 Å². The minimum Gasteiger partial charge on any atom is -0.515 e. The predicted molar refractivity (Wildman–Crippen MR) is 46.4 cm³/mol. The number of carbonyl (C=O) groups excluding carboxylic acids is 1. The zero-order valence-electron chi connectivity index (χ0n) is 6.87. The Bertz CT molecular complexity index is 304. The van der Waals surface area contributed by atoms with Crippen LogP contribution in [0.25, 0.3) is 0 Å². The van der Waals surface area contributed by atoms with Crippen LogP contribution in [-0.2, 0) is 4.79 Å². The monoisotopic (exact) mass is 162 g/mol. The van der Waals surface area contributed by atoms with E-state index in [-0.39, 0.29) is 5.78 Å². The molecule has 1 rings (SSSR count). The Labute approximate surface area is 71.6 Å². The third-order valence-corrected chi connectivity index (χ3v) is 1.96. The highest BCUT2D eigenvalue weighted by Crippen LogP contribution is 2.30. The summed E-state index contributed by atoms with van der Waals surface area (Å²) in [5.41, 5.74) is -0.0550. The average Bonchev–Trinajstić information content (AvgIpc) is 2.10. The number of allylic oxidation sites excluding steroid dienone is 3. The summed E-state index contributed by atoms with van der Waals surface area (Å²) in [6, 6.07) is 0. The molecule has 12 heavy (non-hydrogen) atoms. The minimum absolute atomic E-state index is 0.162. The fraction of sp³-hybridized carbons (Fsp3) is 0.300. The maximum atomic E-state index is 11.0. The van der Waals surface area contributed by atoms with E-state index in [2.05, 4.69) is 5.92 Å². The van der Waals surface area contributed by atoms with Crippen LogP contribution in [0.2, 0.25) is 0 Å². The second-order valence-electron chi connectivity index (χ2n) is 3.09. The Hall–Kier alpha value is -1.49. The van der Waals surface area contributed by atoms with E-state index < -0.39 is 5.41 Å². The normalized spacial score (nSPS) is 32.0. The summed E-state index contributed by atoms with van der Waals surface area (Å²) in [7, 11) is 0. The number of ketones is 1. The lowest BCUT2D eigenvalue weighted by atomic mass is 9.79. The molecule has 1 unspecified atom stereocenters. The second-order valence-corrected chi connectivity index (χ2v) is 3.09. The van der Waals surface area contributed by atoms with Gasteiger partial charge in [0.25, 0.3) is 0 Å². The number of aliphatic hydroxyl groups is 1. The second kappa shape index (κ2) is 2.86. The number of terminal acetylenes is 1. The van der Waals surface area contributed by atoms with Gasteiger partial charge in [-0.3, -0.25) is 4.79 Å². The van der Waals surface area contributed by atoms with Gasteiger partial charge in [0.15, 0.2) is 5.78 Å². The molecule has 0 radical (unpaired) electrons. The van der Waals surface area contributed by atoms with Crippen molar-refractivity contribution in [2.75, 3.05) is 0 Å². The molecule has 1 N–H and O–H groups in total. The predicted octanol–water partition coefficient (Wildman–Crippen LogP) is 1.60. The molecule has 0 fully saturated rings. The third-order valence-electron chi connectivity index (χ3n) is 1.96. The topological polar surface area (TPSA) is 37.3 Å². The van der Waals surface area contributed by atoms with Gasteiger partial charge in [-0.15, -0.1) is 6.42 Å². The van der Waals surface area contributed by atoms with Crippen molar-refractivity contribution in [3.63, 3.8) is 0 Å². The maximum Gasteiger partial charge on any atom is 0.184 e. The highest BCUT2D eigenvalue weighted by atomic mass is 16.2. The van der Waals surface area contributed by atoms with Gasteiger partial charge < -0.3 is 5.11 Å². The third kappa shape index (κ3) is 1.40. The lowest BCUT2D eigenvalue weighted by molar-refractivity contribution is -0.112. The molecular formula is C10H10O2. The largest absolute Gasteiger partial charge is 0.515 e. The van der Waals surface area contributed by atoms with Gasteiger partial charge in [0.05, 0.1) is 11.7 Å². The fourth-order valence-corrected chi connectivity index (χ4v) is 1.12. The van der Waals surface area contributed by atoms with Crippen LogP contribution >= 0.6 is 0 Å². The van der Waals surface area contributed by atoms with Gasteiger partial charge in [0, 0.05) is 5.57 Å². The number of carbonyl (C=O) groups is 1. The summed E-state index contributed by atoms with van der Waals surface area (Å²) in [6.45, 7) is 1.85. The first-order valence-corrected chi connectivity index (χ1v) is 3.66. The Morgan fingerprint density at radius 1 is 1.83 bits per heavy atom. The molecule has 0 heterocycles. The van der Waals surface area contributed by atoms with Crippen molar-refractivity contribution < 1.29 is 9.90 Å². The maximum absolute atomic E-state index is 11.0. The highest BCUT2D eigenvalue weighted by molar-refractivity contribution is 6.05. The molecule has 0 aromatic carbocycles. The summed E-state index contributed by atoms with van der Waals surface area (Å²) in [6.07, 6.45) is 9.63. The van der Waals surface area contributed by atoms with Crippen LogP contribution in [-0.4, -0.2) is 10.9 Å². The molecule has 0 amide bonds. The van der Waals surface area contributed by atoms with Crippen molar-refractivity contribution in [2.24, 2.45) is 5.41 Å². The lowest BCUT2D eigenvalue weighted by Gasteiger charge is -2.22. The molecule has 62 valence electrons. The van der Waals surface area contributed by atoms with Crippen LogP contribution in [0.5, 0.6) is 0 Å². The van der Waals surface area contributed by atoms with Crippen molar-refractivity contribution in [1.82, 2.24) is 0 Å². The van der Waals surface area contributed by atoms with E-state index in [1.807, 2.05) is 6.92 Å². The van der Waals surface area contributed by atoms with E-state index in [1.54, 1.807) is 6.08 Å². The van der Waals surface area contributed by atoms with Gasteiger partial charge >= 0.3 is 0 Å². The van der Waals surface area contributed by atoms with E-state index in [0.29, 0.717) is 12.0 Å². The Morgan fingerprint density at radius 2 is 2.50 bits per heavy atom. The lowest BCUT2D eigenvalue weighted by Crippen LogP contribution is -2.19. The zero-order valence-corrected chi connectivity index (χ0v) is 6.87. The first-order valence-electron chi connectivity index (χ1n) is 3.66. The van der Waals surface area contributed by atoms with Crippen LogP contribution in [0.15, 0.2) is 24.0 Å². The Kier molecular flexibility index (Phi) is 2.05. The van der Waals surface area contributed by atoms with Crippen LogP contribution in [0.3, 0.4) is 0 Å². The number of rotatable bonds is 0. The van der Waals surface area contributed by atoms with Gasteiger partial charge in [0.1, 0.15) is 0 Å². The van der Waals surface area contributed by atoms with Crippen LogP contribution in [0.4, 0.5) is 0 Å². The smallest absolute Gasteiger partial charge is 0.184 e. The first kappa shape index (κ1) is 8.61. The minimum atomic E-state index is -0.428. The summed E-state index contributed by atoms with van der Waals surface area (Å²) in [4.78, 5) is 11.0. The molecule has 1 aliphatic rings. The quantitative estimate of drug-likeness (QED) is 0.333. The van der Waals surface area contributed by atoms with Crippen molar-refractivity contribution >= 4 is 5.78 Å². The number of hydrogen-bond donors (Lipinski definition) is 1. The SMILES string of the molecule is C#CC1(C)C=CC(=O)/C(=C\O)C1. The molecule has 0 aliphatic heterocycles. The summed E-state index contributed by atoms with van der Waals surface area (Å²) >= 11 is 0. The van der Waals surface area contributed by atoms with Gasteiger partial charge in [-0.25, -0.2) is 0 Å². The molecule has 2 heteroatoms. The molecule has 1 atom stereocenters. The number of aliphatic hydroxyl groups excluding tert-OH is 1. The van der Waals surface area contributed by atoms with E-state index in [4.69, 9.17) is 11.5 Å². The van der Waals surface area contributed by atoms with E-state index in [1.165, 1.54) is 6.08 Å². The van der Waals surface area contributed by atoms with E-state index in [9.17, 15) is 4.79 Å². The molecule has 0 saturated carbocycles. The fourth-order valence-electron chi connectivity index (χ4n) is 1.12. The number of hydrogen-bond acceptors (Lipinski definition) is 2. The van der Waals surface area contributed by atoms with Crippen molar-refractivity contribution in [3.05, 3.63) is 24.0 Å². The van der Waals surface area contributed by atoms with E-state index in [0.717, 1.165) is 6.26 Å². The molecule has 2 nitrogen and oxygen atoms in total. The summed E-state index contributed by atoms with van der Waals surface area (Å²) < 4.78 is 0. The standard InChI is InChI=1S/C10H10O2/c1-3-10(2)5-4-9(12)8(6-10)7-11/h1,4-5,7,11H,6H2,2H3/b8-7-. The van der Waals surface area contributed by atoms with Gasteiger partial charge in [-0.1, -0.05) is 12.0 Å². The average molecular weight is 162 g/mol. The van der Waals surface area contributed by atoms with Gasteiger partial charge in [0.2, 0.25) is 0 Å². The van der Waals surface area contributed by atoms with Gasteiger partial charge in [-0.05, 0) is 19.4 Å². The van der Waals surface area contributed by atoms with E-state index >= 15 is 0 Å². The van der Waals surface area contributed by atoms with Crippen LogP contribution in [0.1, 0.15) is 13.3 Å². The molecule has 0 saturated heterocycles. The van der Waals surface area contributed by atoms with Crippen molar-refractivity contribution in [1.29, 1.82) is 0 Å². The summed E-state index contributed by atoms with van der Waals surface area (Å²) in [5.74, 6) is 2.41. The van der Waals surface area contributed by atoms with Gasteiger partial charge in [-0.2, -0.15) is 0 Å². The molecule has 0 aromatic heterocycles. The molecule has 0 bridgehead atoms. The first-order chi connectivity index (χ1) is 5.61. The van der Waals surface area contributed by atoms with Crippen LogP contribution < -0.4 is 0 Å². The zero-order chi connectivity index (χ0) is 9.19. The van der Waals surface area contributed by atoms with Crippen LogP contribution in [0, 0.1) is 17.8 Å². The summed E-state index contributed by atoms with van der Waals surface area (Å²) in [5, 5.41) is 8.70. The molecule has 0 spiro atoms.